The van der Waals surface area contributed by atoms with E-state index in [4.69, 9.17) is 0 Å². The third-order valence-corrected chi connectivity index (χ3v) is 2.98. The molecule has 2 aliphatic carbocycles. The van der Waals surface area contributed by atoms with Crippen molar-refractivity contribution in [2.24, 2.45) is 5.41 Å². The Labute approximate surface area is 71.6 Å². The van der Waals surface area contributed by atoms with Crippen molar-refractivity contribution in [3.8, 4) is 0 Å². The molecule has 2 nitrogen and oxygen atoms in total. The quantitative estimate of drug-likeness (QED) is 0.557. The maximum Gasteiger partial charge on any atom is 0.197 e. The number of ketones is 1. The number of carbonyl (C=O) groups is 1. The Balaban J connectivity index is 2.36. The molecule has 64 valence electrons. The Morgan fingerprint density at radius 3 is 2.75 bits per heavy atom. The second kappa shape index (κ2) is 2.22. The normalized spacial score (nSPS) is 34.8. The van der Waals surface area contributed by atoms with Gasteiger partial charge in [0.25, 0.3) is 0 Å². The van der Waals surface area contributed by atoms with Gasteiger partial charge in [-0.15, -0.1) is 0 Å². The first-order chi connectivity index (χ1) is 5.64. The van der Waals surface area contributed by atoms with Crippen LogP contribution in [0.15, 0.2) is 24.0 Å². The SMILES string of the molecule is C=C1CCCC12C=C(O)C(=O)C2. The summed E-state index contributed by atoms with van der Waals surface area (Å²) in [5, 5.41) is 9.21. The molecule has 1 unspecified atom stereocenters. The van der Waals surface area contributed by atoms with E-state index in [0.29, 0.717) is 6.42 Å². The van der Waals surface area contributed by atoms with E-state index in [2.05, 4.69) is 6.58 Å². The number of hydrogen-bond acceptors (Lipinski definition) is 2. The first-order valence-electron chi connectivity index (χ1n) is 4.27. The number of aliphatic hydroxyl groups is 1. The zero-order valence-electron chi connectivity index (χ0n) is 6.97. The highest BCUT2D eigenvalue weighted by Gasteiger charge is 2.42. The molecule has 0 radical (unpaired) electrons. The van der Waals surface area contributed by atoms with Crippen molar-refractivity contribution in [2.45, 2.75) is 25.7 Å². The highest BCUT2D eigenvalue weighted by Crippen LogP contribution is 2.49. The van der Waals surface area contributed by atoms with Crippen LogP contribution < -0.4 is 0 Å². The Bertz CT molecular complexity index is 288. The van der Waals surface area contributed by atoms with Crippen LogP contribution in [0.5, 0.6) is 0 Å². The Morgan fingerprint density at radius 2 is 2.33 bits per heavy atom. The van der Waals surface area contributed by atoms with Crippen LogP contribution in [0.25, 0.3) is 0 Å². The zero-order valence-corrected chi connectivity index (χ0v) is 6.97. The molecule has 1 spiro atoms. The molecular weight excluding hydrogens is 152 g/mol. The van der Waals surface area contributed by atoms with Gasteiger partial charge in [0.2, 0.25) is 0 Å². The predicted molar refractivity (Wildman–Crippen MR) is 45.8 cm³/mol. The number of carbonyl (C=O) groups excluding carboxylic acids is 1. The first kappa shape index (κ1) is 7.59. The minimum absolute atomic E-state index is 0.0574. The Hall–Kier alpha value is -1.05. The Kier molecular flexibility index (Phi) is 1.40. The van der Waals surface area contributed by atoms with Crippen molar-refractivity contribution >= 4 is 5.78 Å². The number of hydrogen-bond donors (Lipinski definition) is 1. The molecule has 1 fully saturated rings. The zero-order chi connectivity index (χ0) is 8.77. The summed E-state index contributed by atoms with van der Waals surface area (Å²) in [5.74, 6) is -0.184. The maximum atomic E-state index is 11.1. The molecule has 0 aromatic carbocycles. The number of Topliss-reactive ketones (excluding diaryl/α,β-unsaturated/α-hetero) is 1. The topological polar surface area (TPSA) is 37.3 Å². The maximum absolute atomic E-state index is 11.1. The predicted octanol–water partition coefficient (Wildman–Crippen LogP) is 2.13. The smallest absolute Gasteiger partial charge is 0.197 e. The summed E-state index contributed by atoms with van der Waals surface area (Å²) in [6.45, 7) is 3.95. The lowest BCUT2D eigenvalue weighted by Crippen LogP contribution is -2.13. The molecule has 0 aromatic heterocycles. The lowest BCUT2D eigenvalue weighted by Gasteiger charge is -2.20. The van der Waals surface area contributed by atoms with Crippen LogP contribution in [-0.2, 0) is 4.79 Å². The van der Waals surface area contributed by atoms with Crippen LogP contribution in [0.4, 0.5) is 0 Å². The van der Waals surface area contributed by atoms with Gasteiger partial charge in [-0.05, 0) is 25.3 Å². The summed E-state index contributed by atoms with van der Waals surface area (Å²) in [4.78, 5) is 11.1. The van der Waals surface area contributed by atoms with Gasteiger partial charge in [-0.2, -0.15) is 0 Å². The van der Waals surface area contributed by atoms with E-state index in [0.717, 1.165) is 24.8 Å². The molecule has 2 rings (SSSR count). The Morgan fingerprint density at radius 1 is 1.58 bits per heavy atom. The van der Waals surface area contributed by atoms with Crippen molar-refractivity contribution in [3.05, 3.63) is 24.0 Å². The molecule has 1 saturated carbocycles. The molecular formula is C10H12O2. The average molecular weight is 164 g/mol. The van der Waals surface area contributed by atoms with Gasteiger partial charge in [-0.25, -0.2) is 0 Å². The van der Waals surface area contributed by atoms with Crippen LogP contribution >= 0.6 is 0 Å². The molecule has 0 aliphatic heterocycles. The lowest BCUT2D eigenvalue weighted by atomic mass is 9.83. The fourth-order valence-electron chi connectivity index (χ4n) is 2.20. The van der Waals surface area contributed by atoms with Gasteiger partial charge in [0.05, 0.1) is 0 Å². The number of rotatable bonds is 0. The highest BCUT2D eigenvalue weighted by atomic mass is 16.3. The standard InChI is InChI=1S/C10H12O2/c1-7-3-2-4-10(7)5-8(11)9(12)6-10/h5,11H,1-4,6H2. The molecule has 12 heavy (non-hydrogen) atoms. The van der Waals surface area contributed by atoms with E-state index in [1.807, 2.05) is 0 Å². The van der Waals surface area contributed by atoms with Gasteiger partial charge in [-0.1, -0.05) is 12.2 Å². The van der Waals surface area contributed by atoms with Crippen LogP contribution in [0.3, 0.4) is 0 Å². The van der Waals surface area contributed by atoms with Gasteiger partial charge >= 0.3 is 0 Å². The molecule has 2 aliphatic rings. The van der Waals surface area contributed by atoms with Gasteiger partial charge in [-0.3, -0.25) is 4.79 Å². The molecule has 1 atom stereocenters. The third-order valence-electron chi connectivity index (χ3n) is 2.98. The van der Waals surface area contributed by atoms with E-state index in [1.165, 1.54) is 0 Å². The van der Waals surface area contributed by atoms with Gasteiger partial charge < -0.3 is 5.11 Å². The molecule has 0 saturated heterocycles. The first-order valence-corrected chi connectivity index (χ1v) is 4.27. The molecule has 1 N–H and O–H groups in total. The van der Waals surface area contributed by atoms with Crippen LogP contribution in [0, 0.1) is 5.41 Å². The summed E-state index contributed by atoms with van der Waals surface area (Å²) in [6, 6.07) is 0. The minimum atomic E-state index is -0.166. The highest BCUT2D eigenvalue weighted by molar-refractivity contribution is 5.97. The lowest BCUT2D eigenvalue weighted by molar-refractivity contribution is -0.117. The van der Waals surface area contributed by atoms with E-state index < -0.39 is 0 Å². The van der Waals surface area contributed by atoms with Crippen LogP contribution in [0.1, 0.15) is 25.7 Å². The molecule has 0 aromatic rings. The van der Waals surface area contributed by atoms with E-state index >= 15 is 0 Å². The second-order valence-electron chi connectivity index (χ2n) is 3.74. The second-order valence-corrected chi connectivity index (χ2v) is 3.74. The summed E-state index contributed by atoms with van der Waals surface area (Å²) in [5.41, 5.74) is 0.946. The van der Waals surface area contributed by atoms with Crippen molar-refractivity contribution in [3.63, 3.8) is 0 Å². The van der Waals surface area contributed by atoms with Crippen molar-refractivity contribution < 1.29 is 9.90 Å². The van der Waals surface area contributed by atoms with Crippen molar-refractivity contribution in [1.82, 2.24) is 0 Å². The molecule has 2 heteroatoms. The summed E-state index contributed by atoms with van der Waals surface area (Å²) in [6.07, 6.45) is 5.21. The fraction of sp³-hybridized carbons (Fsp3) is 0.500. The van der Waals surface area contributed by atoms with Crippen molar-refractivity contribution in [2.75, 3.05) is 0 Å². The van der Waals surface area contributed by atoms with Crippen molar-refractivity contribution in [1.29, 1.82) is 0 Å². The average Bonchev–Trinajstić information content (AvgIpc) is 2.45. The molecule has 0 heterocycles. The van der Waals surface area contributed by atoms with Crippen LogP contribution in [0.2, 0.25) is 0 Å². The van der Waals surface area contributed by atoms with Gasteiger partial charge in [0.1, 0.15) is 0 Å². The molecule has 0 amide bonds. The fourth-order valence-corrected chi connectivity index (χ4v) is 2.20. The number of aliphatic hydroxyl groups excluding tert-OH is 1. The number of allylic oxidation sites excluding steroid dienone is 3. The van der Waals surface area contributed by atoms with Gasteiger partial charge in [0, 0.05) is 11.8 Å². The van der Waals surface area contributed by atoms with Gasteiger partial charge in [0.15, 0.2) is 11.5 Å². The molecule has 0 bridgehead atoms. The summed E-state index contributed by atoms with van der Waals surface area (Å²) in [7, 11) is 0. The summed E-state index contributed by atoms with van der Waals surface area (Å²) < 4.78 is 0. The van der Waals surface area contributed by atoms with E-state index in [-0.39, 0.29) is 17.0 Å². The largest absolute Gasteiger partial charge is 0.505 e. The summed E-state index contributed by atoms with van der Waals surface area (Å²) >= 11 is 0. The third kappa shape index (κ3) is 0.840. The minimum Gasteiger partial charge on any atom is -0.505 e. The monoisotopic (exact) mass is 164 g/mol. The van der Waals surface area contributed by atoms with Crippen LogP contribution in [-0.4, -0.2) is 10.9 Å². The van der Waals surface area contributed by atoms with E-state index in [1.54, 1.807) is 6.08 Å². The van der Waals surface area contributed by atoms with E-state index in [9.17, 15) is 9.90 Å².